The Morgan fingerprint density at radius 3 is 2.33 bits per heavy atom. The summed E-state index contributed by atoms with van der Waals surface area (Å²) in [4.78, 5) is 74.6. The number of imide groups is 2. The van der Waals surface area contributed by atoms with Gasteiger partial charge in [0.2, 0.25) is 17.8 Å². The van der Waals surface area contributed by atoms with Gasteiger partial charge in [-0.15, -0.1) is 0 Å². The van der Waals surface area contributed by atoms with E-state index in [0.29, 0.717) is 67.1 Å². The molecular formula is C49H58BrN12O6P. The van der Waals surface area contributed by atoms with Crippen molar-refractivity contribution in [3.8, 4) is 5.75 Å². The summed E-state index contributed by atoms with van der Waals surface area (Å²) in [6.07, 6.45) is 10.0. The highest BCUT2D eigenvalue weighted by atomic mass is 79.9. The minimum atomic E-state index is -2.78. The van der Waals surface area contributed by atoms with Crippen molar-refractivity contribution in [3.05, 3.63) is 82.2 Å². The third-order valence-corrected chi connectivity index (χ3v) is 15.7. The van der Waals surface area contributed by atoms with Crippen LogP contribution in [0.4, 0.5) is 34.5 Å². The van der Waals surface area contributed by atoms with Gasteiger partial charge in [0, 0.05) is 87.8 Å². The molecule has 6 heterocycles. The van der Waals surface area contributed by atoms with E-state index in [9.17, 15) is 23.7 Å². The number of nitrogens with zero attached hydrogens (tertiary/aromatic N) is 7. The van der Waals surface area contributed by atoms with Gasteiger partial charge in [-0.1, -0.05) is 6.92 Å². The number of fused-ring (bicyclic) bond motifs is 2. The highest BCUT2D eigenvalue weighted by molar-refractivity contribution is 9.10. The smallest absolute Gasteiger partial charge is 0.262 e. The van der Waals surface area contributed by atoms with Crippen molar-refractivity contribution >= 4 is 97.6 Å². The predicted octanol–water partition coefficient (Wildman–Crippen LogP) is 5.95. The second kappa shape index (κ2) is 20.5. The molecule has 0 aliphatic carbocycles. The highest BCUT2D eigenvalue weighted by Gasteiger charge is 2.45. The number of anilines is 6. The zero-order valence-corrected chi connectivity index (χ0v) is 41.8. The molecule has 9 rings (SSSR count). The summed E-state index contributed by atoms with van der Waals surface area (Å²) in [6.45, 7) is 11.9. The van der Waals surface area contributed by atoms with Gasteiger partial charge in [0.15, 0.2) is 0 Å². The second-order valence-electron chi connectivity index (χ2n) is 18.4. The normalized spacial score (nSPS) is 18.2. The van der Waals surface area contributed by atoms with E-state index >= 15 is 0 Å². The van der Waals surface area contributed by atoms with Gasteiger partial charge in [-0.05, 0) is 122 Å². The first-order valence-electron chi connectivity index (χ1n) is 23.7. The largest absolute Gasteiger partial charge is 0.494 e. The van der Waals surface area contributed by atoms with Crippen molar-refractivity contribution in [1.82, 2.24) is 40.8 Å². The summed E-state index contributed by atoms with van der Waals surface area (Å²) in [6, 6.07) is 12.7. The molecule has 4 amide bonds. The molecule has 362 valence electrons. The molecule has 1 unspecified atom stereocenters. The van der Waals surface area contributed by atoms with E-state index in [2.05, 4.69) is 86.3 Å². The fourth-order valence-corrected chi connectivity index (χ4v) is 11.6. The number of nitrogens with one attached hydrogen (secondary N) is 5. The number of carbonyl (C=O) groups excluding carboxylic acids is 4. The van der Waals surface area contributed by atoms with Crippen molar-refractivity contribution < 1.29 is 28.5 Å². The van der Waals surface area contributed by atoms with E-state index in [4.69, 9.17) is 9.72 Å². The van der Waals surface area contributed by atoms with Crippen molar-refractivity contribution in [2.75, 3.05) is 86.7 Å². The number of amides is 4. The molecule has 5 aromatic rings. The Morgan fingerprint density at radius 1 is 0.841 bits per heavy atom. The fraction of sp³-hybridized carbons (Fsp3) is 0.429. The van der Waals surface area contributed by atoms with E-state index in [1.165, 1.54) is 5.56 Å². The molecule has 0 spiro atoms. The molecule has 1 atom stereocenters. The van der Waals surface area contributed by atoms with Crippen LogP contribution in [0.1, 0.15) is 71.7 Å². The van der Waals surface area contributed by atoms with Crippen LogP contribution >= 0.6 is 23.1 Å². The predicted molar refractivity (Wildman–Crippen MR) is 271 cm³/mol. The molecule has 4 aliphatic rings. The van der Waals surface area contributed by atoms with Crippen LogP contribution in [-0.2, 0) is 20.6 Å². The molecule has 18 nitrogen and oxygen atoms in total. The summed E-state index contributed by atoms with van der Waals surface area (Å²) in [7, 11) is -1.11. The lowest BCUT2D eigenvalue weighted by Crippen LogP contribution is -2.54. The zero-order chi connectivity index (χ0) is 48.4. The van der Waals surface area contributed by atoms with E-state index in [1.54, 1.807) is 51.2 Å². The molecule has 69 heavy (non-hydrogen) atoms. The molecule has 5 N–H and O–H groups in total. The van der Waals surface area contributed by atoms with Gasteiger partial charge < -0.3 is 40.4 Å². The van der Waals surface area contributed by atoms with Crippen LogP contribution in [0.15, 0.2) is 65.5 Å². The van der Waals surface area contributed by atoms with Crippen molar-refractivity contribution in [3.63, 3.8) is 0 Å². The molecule has 0 bridgehead atoms. The summed E-state index contributed by atoms with van der Waals surface area (Å²) in [5.41, 5.74) is 6.52. The van der Waals surface area contributed by atoms with Crippen LogP contribution in [0.2, 0.25) is 0 Å². The van der Waals surface area contributed by atoms with E-state index in [0.717, 1.165) is 99.9 Å². The van der Waals surface area contributed by atoms with Crippen molar-refractivity contribution in [2.45, 2.75) is 64.0 Å². The second-order valence-corrected chi connectivity index (χ2v) is 22.4. The molecule has 3 aromatic carbocycles. The van der Waals surface area contributed by atoms with Crippen LogP contribution in [0.25, 0.3) is 11.0 Å². The number of hydrogen-bond acceptors (Lipinski definition) is 16. The number of methoxy groups -OCH3 is 1. The van der Waals surface area contributed by atoms with Crippen molar-refractivity contribution in [2.24, 2.45) is 5.92 Å². The number of hydrogen-bond donors (Lipinski definition) is 5. The van der Waals surface area contributed by atoms with Crippen LogP contribution in [0, 0.1) is 5.92 Å². The number of aromatic nitrogens is 4. The van der Waals surface area contributed by atoms with Crippen LogP contribution < -0.4 is 46.4 Å². The van der Waals surface area contributed by atoms with Crippen LogP contribution in [0.3, 0.4) is 0 Å². The third kappa shape index (κ3) is 10.3. The molecule has 3 saturated heterocycles. The summed E-state index contributed by atoms with van der Waals surface area (Å²) < 4.78 is 20.1. The molecule has 4 aliphatic heterocycles. The average molecular weight is 1020 g/mol. The minimum absolute atomic E-state index is 0.0932. The van der Waals surface area contributed by atoms with Crippen LogP contribution in [0.5, 0.6) is 5.75 Å². The Labute approximate surface area is 409 Å². The maximum absolute atomic E-state index is 13.5. The quantitative estimate of drug-likeness (QED) is 0.0438. The lowest BCUT2D eigenvalue weighted by molar-refractivity contribution is -0.136. The van der Waals surface area contributed by atoms with Gasteiger partial charge in [-0.3, -0.25) is 39.4 Å². The fourth-order valence-electron chi connectivity index (χ4n) is 9.94. The molecule has 20 heteroatoms. The lowest BCUT2D eigenvalue weighted by Gasteiger charge is -2.36. The van der Waals surface area contributed by atoms with Gasteiger partial charge in [0.1, 0.15) is 30.3 Å². The SMILES string of the molecule is CCc1cc(Nc2ncc(Br)c(Nc3ccc4nccnc4c3P(C)(C)=O)n2)c(OC)cc1N1CCC(NCCNCC2CCN(c3ccc4c(c3)C(=O)N(C3CCC(=O)NC3=O)C4=O)CC2)CC1. The Hall–Kier alpha value is -6.01. The Balaban J connectivity index is 0.730. The van der Waals surface area contributed by atoms with Crippen molar-refractivity contribution in [1.29, 1.82) is 0 Å². The number of piperidine rings is 3. The number of rotatable bonds is 16. The summed E-state index contributed by atoms with van der Waals surface area (Å²) >= 11 is 3.59. The number of halogens is 1. The Bertz CT molecular complexity index is 2850. The first kappa shape index (κ1) is 48.0. The monoisotopic (exact) mass is 1020 g/mol. The van der Waals surface area contributed by atoms with E-state index < -0.39 is 36.8 Å². The minimum Gasteiger partial charge on any atom is -0.494 e. The average Bonchev–Trinajstić information content (AvgIpc) is 3.59. The first-order chi connectivity index (χ1) is 33.3. The van der Waals surface area contributed by atoms with E-state index in [-0.39, 0.29) is 12.8 Å². The highest BCUT2D eigenvalue weighted by Crippen LogP contribution is 2.42. The maximum Gasteiger partial charge on any atom is 0.262 e. The molecule has 0 saturated carbocycles. The zero-order valence-electron chi connectivity index (χ0n) is 39.3. The molecule has 3 fully saturated rings. The lowest BCUT2D eigenvalue weighted by atomic mass is 9.96. The number of benzene rings is 3. The van der Waals surface area contributed by atoms with Crippen LogP contribution in [-0.4, -0.2) is 127 Å². The standard InChI is InChI=1S/C49H58BrN12O6P/c1-5-30-24-38(57-49-55-28-35(50)45(59-49)56-37-9-8-36-43(54-19-18-53-36)44(37)69(3,4)67)41(68-2)26-40(30)61-22-14-31(15-23-61)52-17-16-51-27-29-12-20-60(21-13-29)32-6-7-33-34(25-32)48(66)62(47(33)65)39-10-11-42(63)58-46(39)64/h6-9,18-19,24-26,28-29,31,39,51-52H,5,10-17,20-23,27H2,1-4H3,(H,58,63,64)(H2,55,56,57,59). The number of aryl methyl sites for hydroxylation is 1. The third-order valence-electron chi connectivity index (χ3n) is 13.6. The Kier molecular flexibility index (Phi) is 14.3. The van der Waals surface area contributed by atoms with Gasteiger partial charge in [-0.25, -0.2) is 4.98 Å². The van der Waals surface area contributed by atoms with Gasteiger partial charge in [0.25, 0.3) is 11.8 Å². The number of carbonyl (C=O) groups is 4. The van der Waals surface area contributed by atoms with E-state index in [1.807, 2.05) is 18.2 Å². The molecule has 0 radical (unpaired) electrons. The van der Waals surface area contributed by atoms with Gasteiger partial charge >= 0.3 is 0 Å². The molecule has 2 aromatic heterocycles. The first-order valence-corrected chi connectivity index (χ1v) is 27.0. The topological polar surface area (TPSA) is 216 Å². The molecular weight excluding hydrogens is 963 g/mol. The summed E-state index contributed by atoms with van der Waals surface area (Å²) in [5.74, 6) is 0.135. The summed E-state index contributed by atoms with van der Waals surface area (Å²) in [5, 5.41) is 17.1. The van der Waals surface area contributed by atoms with Gasteiger partial charge in [0.05, 0.1) is 44.9 Å². The number of ether oxygens (including phenoxy) is 1. The Morgan fingerprint density at radius 2 is 1.59 bits per heavy atom. The maximum atomic E-state index is 13.5. The van der Waals surface area contributed by atoms with Gasteiger partial charge in [-0.2, -0.15) is 4.98 Å².